The van der Waals surface area contributed by atoms with E-state index in [4.69, 9.17) is 10.5 Å². The van der Waals surface area contributed by atoms with Crippen LogP contribution in [0.4, 0.5) is 10.1 Å². The monoisotopic (exact) mass is 245 g/mol. The molecule has 0 aromatic heterocycles. The summed E-state index contributed by atoms with van der Waals surface area (Å²) in [6.07, 6.45) is 0. The number of rotatable bonds is 3. The predicted octanol–water partition coefficient (Wildman–Crippen LogP) is 3.60. The molecule has 2 aromatic rings. The van der Waals surface area contributed by atoms with Crippen molar-refractivity contribution < 1.29 is 9.13 Å². The molecule has 0 radical (unpaired) electrons. The van der Waals surface area contributed by atoms with Crippen LogP contribution in [0.5, 0.6) is 5.75 Å². The standard InChI is InChI=1S/C15H16FNO/c1-10-4-3-5-11(2)15(10)18-9-12-6-7-13(16)8-14(12)17/h3-8H,9,17H2,1-2H3. The third-order valence-electron chi connectivity index (χ3n) is 2.89. The van der Waals surface area contributed by atoms with Gasteiger partial charge in [0.25, 0.3) is 0 Å². The van der Waals surface area contributed by atoms with Crippen LogP contribution < -0.4 is 10.5 Å². The highest BCUT2D eigenvalue weighted by Gasteiger charge is 2.06. The SMILES string of the molecule is Cc1cccc(C)c1OCc1ccc(F)cc1N. The first-order chi connectivity index (χ1) is 8.58. The highest BCUT2D eigenvalue weighted by atomic mass is 19.1. The number of hydrogen-bond acceptors (Lipinski definition) is 2. The molecule has 2 rings (SSSR count). The lowest BCUT2D eigenvalue weighted by molar-refractivity contribution is 0.302. The molecule has 3 heteroatoms. The Kier molecular flexibility index (Phi) is 3.51. The lowest BCUT2D eigenvalue weighted by atomic mass is 10.1. The largest absolute Gasteiger partial charge is 0.488 e. The quantitative estimate of drug-likeness (QED) is 0.838. The van der Waals surface area contributed by atoms with Crippen molar-refractivity contribution in [2.75, 3.05) is 5.73 Å². The third kappa shape index (κ3) is 2.62. The zero-order valence-corrected chi connectivity index (χ0v) is 10.5. The Morgan fingerprint density at radius 2 is 1.78 bits per heavy atom. The summed E-state index contributed by atoms with van der Waals surface area (Å²) in [4.78, 5) is 0. The van der Waals surface area contributed by atoms with Gasteiger partial charge in [-0.15, -0.1) is 0 Å². The third-order valence-corrected chi connectivity index (χ3v) is 2.89. The van der Waals surface area contributed by atoms with Gasteiger partial charge in [0, 0.05) is 11.3 Å². The van der Waals surface area contributed by atoms with Gasteiger partial charge in [0.15, 0.2) is 0 Å². The fourth-order valence-electron chi connectivity index (χ4n) is 1.87. The molecule has 2 nitrogen and oxygen atoms in total. The summed E-state index contributed by atoms with van der Waals surface area (Å²) in [6.45, 7) is 4.34. The smallest absolute Gasteiger partial charge is 0.125 e. The van der Waals surface area contributed by atoms with Crippen LogP contribution in [0.15, 0.2) is 36.4 Å². The van der Waals surface area contributed by atoms with Crippen LogP contribution in [0.1, 0.15) is 16.7 Å². The van der Waals surface area contributed by atoms with Gasteiger partial charge in [-0.3, -0.25) is 0 Å². The lowest BCUT2D eigenvalue weighted by Gasteiger charge is -2.13. The number of ether oxygens (including phenoxy) is 1. The van der Waals surface area contributed by atoms with Gasteiger partial charge in [-0.2, -0.15) is 0 Å². The van der Waals surface area contributed by atoms with E-state index in [1.54, 1.807) is 6.07 Å². The minimum atomic E-state index is -0.330. The van der Waals surface area contributed by atoms with E-state index in [-0.39, 0.29) is 5.82 Å². The Balaban J connectivity index is 2.16. The number of nitrogen functional groups attached to an aromatic ring is 1. The van der Waals surface area contributed by atoms with Crippen LogP contribution in [-0.4, -0.2) is 0 Å². The van der Waals surface area contributed by atoms with Crippen molar-refractivity contribution in [2.45, 2.75) is 20.5 Å². The molecule has 0 fully saturated rings. The van der Waals surface area contributed by atoms with E-state index >= 15 is 0 Å². The maximum absolute atomic E-state index is 12.9. The van der Waals surface area contributed by atoms with E-state index in [0.717, 1.165) is 22.4 Å². The topological polar surface area (TPSA) is 35.2 Å². The van der Waals surface area contributed by atoms with Crippen LogP contribution in [0.25, 0.3) is 0 Å². The normalized spacial score (nSPS) is 10.4. The number of aryl methyl sites for hydroxylation is 2. The van der Waals surface area contributed by atoms with E-state index in [2.05, 4.69) is 0 Å². The van der Waals surface area contributed by atoms with Crippen LogP contribution in [0.2, 0.25) is 0 Å². The fourth-order valence-corrected chi connectivity index (χ4v) is 1.87. The molecule has 0 atom stereocenters. The second kappa shape index (κ2) is 5.08. The van der Waals surface area contributed by atoms with E-state index in [0.29, 0.717) is 12.3 Å². The summed E-state index contributed by atoms with van der Waals surface area (Å²) in [5.74, 6) is 0.532. The van der Waals surface area contributed by atoms with E-state index in [1.807, 2.05) is 32.0 Å². The Morgan fingerprint density at radius 1 is 1.11 bits per heavy atom. The highest BCUT2D eigenvalue weighted by molar-refractivity contribution is 5.47. The zero-order valence-electron chi connectivity index (χ0n) is 10.5. The van der Waals surface area contributed by atoms with E-state index < -0.39 is 0 Å². The van der Waals surface area contributed by atoms with Crippen LogP contribution >= 0.6 is 0 Å². The number of nitrogens with two attached hydrogens (primary N) is 1. The van der Waals surface area contributed by atoms with Crippen molar-refractivity contribution in [3.63, 3.8) is 0 Å². The minimum absolute atomic E-state index is 0.330. The van der Waals surface area contributed by atoms with Crippen molar-refractivity contribution in [3.05, 3.63) is 58.9 Å². The molecule has 0 unspecified atom stereocenters. The Bertz CT molecular complexity index is 546. The molecule has 18 heavy (non-hydrogen) atoms. The highest BCUT2D eigenvalue weighted by Crippen LogP contribution is 2.24. The van der Waals surface area contributed by atoms with Gasteiger partial charge in [-0.1, -0.05) is 24.3 Å². The summed E-state index contributed by atoms with van der Waals surface area (Å²) in [5, 5.41) is 0. The van der Waals surface area contributed by atoms with Gasteiger partial charge in [-0.25, -0.2) is 4.39 Å². The first kappa shape index (κ1) is 12.4. The molecule has 2 N–H and O–H groups in total. The molecular weight excluding hydrogens is 229 g/mol. The van der Waals surface area contributed by atoms with Gasteiger partial charge >= 0.3 is 0 Å². The summed E-state index contributed by atoms with van der Waals surface area (Å²) < 4.78 is 18.7. The fraction of sp³-hybridized carbons (Fsp3) is 0.200. The number of para-hydroxylation sites is 1. The van der Waals surface area contributed by atoms with Crippen molar-refractivity contribution in [1.82, 2.24) is 0 Å². The Labute approximate surface area is 106 Å². The Hall–Kier alpha value is -2.03. The second-order valence-electron chi connectivity index (χ2n) is 4.35. The summed E-state index contributed by atoms with van der Waals surface area (Å²) in [5.41, 5.74) is 9.11. The van der Waals surface area contributed by atoms with Crippen LogP contribution in [0.3, 0.4) is 0 Å². The first-order valence-corrected chi connectivity index (χ1v) is 5.81. The molecule has 0 heterocycles. The van der Waals surface area contributed by atoms with Gasteiger partial charge in [-0.05, 0) is 37.1 Å². The summed E-state index contributed by atoms with van der Waals surface area (Å²) in [6, 6.07) is 10.3. The molecule has 0 aliphatic rings. The summed E-state index contributed by atoms with van der Waals surface area (Å²) in [7, 11) is 0. The maximum Gasteiger partial charge on any atom is 0.125 e. The zero-order chi connectivity index (χ0) is 13.1. The molecule has 2 aromatic carbocycles. The van der Waals surface area contributed by atoms with Crippen molar-refractivity contribution >= 4 is 5.69 Å². The van der Waals surface area contributed by atoms with Gasteiger partial charge in [0.2, 0.25) is 0 Å². The van der Waals surface area contributed by atoms with Crippen LogP contribution in [-0.2, 0) is 6.61 Å². The van der Waals surface area contributed by atoms with Gasteiger partial charge in [0.1, 0.15) is 18.2 Å². The predicted molar refractivity (Wildman–Crippen MR) is 71.1 cm³/mol. The molecule has 94 valence electrons. The molecule has 0 aliphatic heterocycles. The number of anilines is 1. The molecule has 0 aliphatic carbocycles. The van der Waals surface area contributed by atoms with E-state index in [1.165, 1.54) is 12.1 Å². The van der Waals surface area contributed by atoms with Gasteiger partial charge < -0.3 is 10.5 Å². The second-order valence-corrected chi connectivity index (χ2v) is 4.35. The number of hydrogen-bond donors (Lipinski definition) is 1. The molecule has 0 bridgehead atoms. The van der Waals surface area contributed by atoms with Gasteiger partial charge in [0.05, 0.1) is 0 Å². The molecule has 0 saturated carbocycles. The molecular formula is C15H16FNO. The average Bonchev–Trinajstić information content (AvgIpc) is 2.31. The summed E-state index contributed by atoms with van der Waals surface area (Å²) >= 11 is 0. The first-order valence-electron chi connectivity index (χ1n) is 5.81. The molecule has 0 spiro atoms. The molecule has 0 saturated heterocycles. The van der Waals surface area contributed by atoms with Crippen molar-refractivity contribution in [3.8, 4) is 5.75 Å². The maximum atomic E-state index is 12.9. The molecule has 0 amide bonds. The van der Waals surface area contributed by atoms with Crippen molar-refractivity contribution in [1.29, 1.82) is 0 Å². The number of halogens is 1. The minimum Gasteiger partial charge on any atom is -0.488 e. The Morgan fingerprint density at radius 3 is 2.39 bits per heavy atom. The lowest BCUT2D eigenvalue weighted by Crippen LogP contribution is -2.02. The van der Waals surface area contributed by atoms with Crippen molar-refractivity contribution in [2.24, 2.45) is 0 Å². The number of benzene rings is 2. The average molecular weight is 245 g/mol. The van der Waals surface area contributed by atoms with E-state index in [9.17, 15) is 4.39 Å². The van der Waals surface area contributed by atoms with Crippen LogP contribution in [0, 0.1) is 19.7 Å².